The number of nitrogens with zero attached hydrogens (tertiary/aromatic N) is 4. The number of aryl methyl sites for hydroxylation is 1. The van der Waals surface area contributed by atoms with Crippen molar-refractivity contribution >= 4 is 0 Å². The van der Waals surface area contributed by atoms with Crippen molar-refractivity contribution in [3.05, 3.63) is 48.3 Å². The third-order valence-corrected chi connectivity index (χ3v) is 3.16. The van der Waals surface area contributed by atoms with Gasteiger partial charge in [-0.2, -0.15) is 0 Å². The Kier molecular flexibility index (Phi) is 4.07. The minimum absolute atomic E-state index is 0.185. The molecule has 18 heavy (non-hydrogen) atoms. The highest BCUT2D eigenvalue weighted by molar-refractivity contribution is 5.15. The van der Waals surface area contributed by atoms with Crippen molar-refractivity contribution in [3.63, 3.8) is 0 Å². The molecule has 2 heterocycles. The first-order valence-corrected chi connectivity index (χ1v) is 5.98. The van der Waals surface area contributed by atoms with E-state index in [2.05, 4.69) is 21.9 Å². The Hall–Kier alpha value is -1.72. The van der Waals surface area contributed by atoms with Gasteiger partial charge in [0.15, 0.2) is 0 Å². The van der Waals surface area contributed by atoms with Gasteiger partial charge in [-0.05, 0) is 24.7 Å². The average molecular weight is 245 g/mol. The van der Waals surface area contributed by atoms with Crippen molar-refractivity contribution in [1.82, 2.24) is 19.4 Å². The van der Waals surface area contributed by atoms with Crippen molar-refractivity contribution in [2.75, 3.05) is 13.6 Å². The minimum atomic E-state index is 0.185. The van der Waals surface area contributed by atoms with E-state index in [1.807, 2.05) is 36.1 Å². The second-order valence-corrected chi connectivity index (χ2v) is 4.40. The fourth-order valence-electron chi connectivity index (χ4n) is 2.04. The molecule has 0 saturated carbocycles. The molecule has 0 saturated heterocycles. The Balaban J connectivity index is 2.11. The number of hydrogen-bond acceptors (Lipinski definition) is 4. The van der Waals surface area contributed by atoms with Gasteiger partial charge >= 0.3 is 0 Å². The molecule has 96 valence electrons. The summed E-state index contributed by atoms with van der Waals surface area (Å²) in [4.78, 5) is 10.6. The summed E-state index contributed by atoms with van der Waals surface area (Å²) in [5, 5.41) is 0. The van der Waals surface area contributed by atoms with Gasteiger partial charge in [-0.15, -0.1) is 0 Å². The molecule has 0 aliphatic heterocycles. The zero-order valence-electron chi connectivity index (χ0n) is 10.8. The maximum absolute atomic E-state index is 5.88. The zero-order valence-corrected chi connectivity index (χ0v) is 10.8. The van der Waals surface area contributed by atoms with E-state index >= 15 is 0 Å². The molecule has 0 amide bonds. The van der Waals surface area contributed by atoms with Crippen molar-refractivity contribution in [2.45, 2.75) is 12.6 Å². The van der Waals surface area contributed by atoms with Crippen molar-refractivity contribution in [2.24, 2.45) is 12.8 Å². The van der Waals surface area contributed by atoms with Crippen LogP contribution < -0.4 is 5.73 Å². The molecule has 1 atom stereocenters. The highest BCUT2D eigenvalue weighted by Crippen LogP contribution is 2.18. The summed E-state index contributed by atoms with van der Waals surface area (Å²) in [7, 11) is 4.06. The van der Waals surface area contributed by atoms with E-state index in [0.29, 0.717) is 6.54 Å². The molecule has 2 aromatic rings. The van der Waals surface area contributed by atoms with Gasteiger partial charge in [0.05, 0.1) is 6.54 Å². The smallest absolute Gasteiger partial charge is 0.122 e. The van der Waals surface area contributed by atoms with Crippen LogP contribution in [-0.4, -0.2) is 33.0 Å². The van der Waals surface area contributed by atoms with Crippen molar-refractivity contribution < 1.29 is 0 Å². The summed E-state index contributed by atoms with van der Waals surface area (Å²) in [6.45, 7) is 1.35. The Morgan fingerprint density at radius 3 is 2.61 bits per heavy atom. The monoisotopic (exact) mass is 245 g/mol. The van der Waals surface area contributed by atoms with E-state index in [-0.39, 0.29) is 6.04 Å². The molecular weight excluding hydrogens is 226 g/mol. The number of aromatic nitrogens is 3. The molecule has 2 N–H and O–H groups in total. The highest BCUT2D eigenvalue weighted by Gasteiger charge is 2.16. The van der Waals surface area contributed by atoms with Gasteiger partial charge in [-0.25, -0.2) is 4.98 Å². The van der Waals surface area contributed by atoms with E-state index < -0.39 is 0 Å². The molecule has 0 aliphatic carbocycles. The number of imidazole rings is 1. The van der Waals surface area contributed by atoms with Gasteiger partial charge in [-0.1, -0.05) is 0 Å². The lowest BCUT2D eigenvalue weighted by atomic mass is 10.1. The van der Waals surface area contributed by atoms with Gasteiger partial charge in [0.1, 0.15) is 5.82 Å². The van der Waals surface area contributed by atoms with E-state index in [9.17, 15) is 0 Å². The third kappa shape index (κ3) is 2.75. The van der Waals surface area contributed by atoms with Crippen LogP contribution in [0.3, 0.4) is 0 Å². The number of pyridine rings is 1. The molecule has 5 heteroatoms. The fourth-order valence-corrected chi connectivity index (χ4v) is 2.04. The van der Waals surface area contributed by atoms with Crippen LogP contribution in [0.4, 0.5) is 0 Å². The molecule has 5 nitrogen and oxygen atoms in total. The lowest BCUT2D eigenvalue weighted by Gasteiger charge is -2.26. The Morgan fingerprint density at radius 2 is 2.06 bits per heavy atom. The van der Waals surface area contributed by atoms with Crippen LogP contribution in [0.15, 0.2) is 36.9 Å². The van der Waals surface area contributed by atoms with E-state index in [0.717, 1.165) is 12.4 Å². The maximum atomic E-state index is 5.88. The van der Waals surface area contributed by atoms with Crippen molar-refractivity contribution in [3.8, 4) is 0 Å². The molecule has 0 spiro atoms. The fraction of sp³-hybridized carbons (Fsp3) is 0.385. The largest absolute Gasteiger partial charge is 0.337 e. The summed E-state index contributed by atoms with van der Waals surface area (Å²) in [5.74, 6) is 1.03. The van der Waals surface area contributed by atoms with Gasteiger partial charge in [-0.3, -0.25) is 9.88 Å². The third-order valence-electron chi connectivity index (χ3n) is 3.16. The van der Waals surface area contributed by atoms with Crippen LogP contribution in [0.5, 0.6) is 0 Å². The Labute approximate surface area is 107 Å². The second-order valence-electron chi connectivity index (χ2n) is 4.40. The molecule has 0 fully saturated rings. The molecule has 1 unspecified atom stereocenters. The number of nitrogens with two attached hydrogens (primary N) is 1. The topological polar surface area (TPSA) is 60.0 Å². The van der Waals surface area contributed by atoms with Crippen LogP contribution in [0, 0.1) is 0 Å². The quantitative estimate of drug-likeness (QED) is 0.852. The molecule has 2 rings (SSSR count). The minimum Gasteiger partial charge on any atom is -0.337 e. The Morgan fingerprint density at radius 1 is 1.33 bits per heavy atom. The first-order chi connectivity index (χ1) is 8.72. The summed E-state index contributed by atoms with van der Waals surface area (Å²) < 4.78 is 2.02. The van der Waals surface area contributed by atoms with Crippen molar-refractivity contribution in [1.29, 1.82) is 0 Å². The van der Waals surface area contributed by atoms with Gasteiger partial charge < -0.3 is 10.3 Å². The zero-order chi connectivity index (χ0) is 13.0. The first-order valence-electron chi connectivity index (χ1n) is 5.98. The lowest BCUT2D eigenvalue weighted by molar-refractivity contribution is 0.233. The van der Waals surface area contributed by atoms with Crippen LogP contribution in [0.2, 0.25) is 0 Å². The predicted molar refractivity (Wildman–Crippen MR) is 70.7 cm³/mol. The lowest BCUT2D eigenvalue weighted by Crippen LogP contribution is -2.31. The normalized spacial score (nSPS) is 12.9. The van der Waals surface area contributed by atoms with E-state index in [4.69, 9.17) is 5.73 Å². The standard InChI is InChI=1S/C13H19N5/c1-17-8-7-16-13(17)10-18(2)12(9-14)11-3-5-15-6-4-11/h3-8,12H,9-10,14H2,1-2H3. The molecule has 0 bridgehead atoms. The number of likely N-dealkylation sites (N-methyl/N-ethyl adjacent to an activating group) is 1. The first kappa shape index (κ1) is 12.7. The maximum Gasteiger partial charge on any atom is 0.122 e. The summed E-state index contributed by atoms with van der Waals surface area (Å²) in [6.07, 6.45) is 7.36. The van der Waals surface area contributed by atoms with Crippen LogP contribution in [0.1, 0.15) is 17.4 Å². The number of rotatable bonds is 5. The molecular formula is C13H19N5. The van der Waals surface area contributed by atoms with Gasteiger partial charge in [0, 0.05) is 44.4 Å². The van der Waals surface area contributed by atoms with Gasteiger partial charge in [0.25, 0.3) is 0 Å². The predicted octanol–water partition coefficient (Wildman–Crippen LogP) is 0.947. The molecule has 0 radical (unpaired) electrons. The summed E-state index contributed by atoms with van der Waals surface area (Å²) >= 11 is 0. The van der Waals surface area contributed by atoms with Crippen LogP contribution in [0.25, 0.3) is 0 Å². The molecule has 0 aliphatic rings. The Bertz CT molecular complexity index is 479. The van der Waals surface area contributed by atoms with E-state index in [1.165, 1.54) is 5.56 Å². The van der Waals surface area contributed by atoms with E-state index in [1.54, 1.807) is 12.4 Å². The summed E-state index contributed by atoms with van der Waals surface area (Å²) in [5.41, 5.74) is 7.07. The van der Waals surface area contributed by atoms with Gasteiger partial charge in [0.2, 0.25) is 0 Å². The average Bonchev–Trinajstić information content (AvgIpc) is 2.77. The van der Waals surface area contributed by atoms with Crippen LogP contribution in [-0.2, 0) is 13.6 Å². The second kappa shape index (κ2) is 5.75. The molecule has 0 aromatic carbocycles. The van der Waals surface area contributed by atoms with Crippen LogP contribution >= 0.6 is 0 Å². The number of hydrogen-bond donors (Lipinski definition) is 1. The highest BCUT2D eigenvalue weighted by atomic mass is 15.2. The summed E-state index contributed by atoms with van der Waals surface area (Å²) in [6, 6.07) is 4.20. The molecule has 2 aromatic heterocycles. The SMILES string of the molecule is CN(Cc1nccn1C)C(CN)c1ccncc1.